The van der Waals surface area contributed by atoms with Crippen molar-refractivity contribution in [1.82, 2.24) is 24.4 Å². The molecule has 180 valence electrons. The summed E-state index contributed by atoms with van der Waals surface area (Å²) in [6, 6.07) is 3.64. The van der Waals surface area contributed by atoms with Gasteiger partial charge in [0.2, 0.25) is 17.8 Å². The summed E-state index contributed by atoms with van der Waals surface area (Å²) in [5.74, 6) is -0.827. The quantitative estimate of drug-likeness (QED) is 0.524. The molecule has 1 saturated carbocycles. The van der Waals surface area contributed by atoms with Crippen molar-refractivity contribution in [3.8, 4) is 0 Å². The molecule has 1 aliphatic carbocycles. The summed E-state index contributed by atoms with van der Waals surface area (Å²) < 4.78 is 30.6. The first-order valence-corrected chi connectivity index (χ1v) is 11.5. The SMILES string of the molecule is CC(=O)N1CCC(n2c(Nc3c(F)cccc3F)nc3cnc(NC4CCC(O)CC4)nc32)C1. The minimum absolute atomic E-state index is 0.0296. The third-order valence-electron chi connectivity index (χ3n) is 6.64. The Morgan fingerprint density at radius 1 is 1.12 bits per heavy atom. The van der Waals surface area contributed by atoms with Gasteiger partial charge < -0.3 is 20.6 Å². The Morgan fingerprint density at radius 2 is 1.85 bits per heavy atom. The number of para-hydroxylation sites is 1. The van der Waals surface area contributed by atoms with Gasteiger partial charge in [0, 0.05) is 26.1 Å². The number of aliphatic hydroxyl groups is 1. The van der Waals surface area contributed by atoms with Crippen molar-refractivity contribution in [2.45, 2.75) is 57.2 Å². The van der Waals surface area contributed by atoms with Crippen LogP contribution in [0.15, 0.2) is 24.4 Å². The third-order valence-corrected chi connectivity index (χ3v) is 6.64. The highest BCUT2D eigenvalue weighted by atomic mass is 19.1. The lowest BCUT2D eigenvalue weighted by atomic mass is 9.93. The molecule has 1 aromatic carbocycles. The lowest BCUT2D eigenvalue weighted by Crippen LogP contribution is -2.29. The van der Waals surface area contributed by atoms with Crippen LogP contribution in [0.4, 0.5) is 26.4 Å². The molecule has 2 aromatic heterocycles. The Bertz CT molecular complexity index is 1190. The third kappa shape index (κ3) is 4.39. The molecular formula is C23H27F2N7O2. The number of anilines is 3. The number of amides is 1. The molecule has 1 atom stereocenters. The topological polar surface area (TPSA) is 108 Å². The van der Waals surface area contributed by atoms with Crippen LogP contribution in [0.1, 0.15) is 45.1 Å². The van der Waals surface area contributed by atoms with Gasteiger partial charge in [-0.05, 0) is 44.2 Å². The van der Waals surface area contributed by atoms with Crippen molar-refractivity contribution in [1.29, 1.82) is 0 Å². The number of imidazole rings is 1. The van der Waals surface area contributed by atoms with Gasteiger partial charge in [0.05, 0.1) is 18.3 Å². The second-order valence-corrected chi connectivity index (χ2v) is 8.99. The van der Waals surface area contributed by atoms with Crippen molar-refractivity contribution in [2.24, 2.45) is 0 Å². The highest BCUT2D eigenvalue weighted by Crippen LogP contribution is 2.33. The lowest BCUT2D eigenvalue weighted by molar-refractivity contribution is -0.127. The number of halogens is 2. The zero-order valence-corrected chi connectivity index (χ0v) is 18.8. The van der Waals surface area contributed by atoms with Crippen LogP contribution in [0.2, 0.25) is 0 Å². The van der Waals surface area contributed by atoms with Crippen LogP contribution in [-0.4, -0.2) is 60.7 Å². The molecule has 1 unspecified atom stereocenters. The predicted molar refractivity (Wildman–Crippen MR) is 123 cm³/mol. The minimum Gasteiger partial charge on any atom is -0.393 e. The van der Waals surface area contributed by atoms with Gasteiger partial charge in [-0.15, -0.1) is 0 Å². The molecule has 1 amide bonds. The normalized spacial score (nSPS) is 22.8. The standard InChI is InChI=1S/C23H27F2N7O2/c1-13(33)31-10-9-15(12-31)32-21-19(28-23(32)29-20-17(24)3-2-4-18(20)25)11-26-22(30-21)27-14-5-7-16(34)8-6-14/h2-4,11,14-16,34H,5-10,12H2,1H3,(H,28,29)(H,26,27,30). The summed E-state index contributed by atoms with van der Waals surface area (Å²) in [7, 11) is 0. The molecule has 1 aliphatic heterocycles. The summed E-state index contributed by atoms with van der Waals surface area (Å²) in [5, 5.41) is 15.9. The Morgan fingerprint density at radius 3 is 2.53 bits per heavy atom. The van der Waals surface area contributed by atoms with Crippen LogP contribution in [0.25, 0.3) is 11.2 Å². The van der Waals surface area contributed by atoms with E-state index in [4.69, 9.17) is 4.98 Å². The zero-order valence-electron chi connectivity index (χ0n) is 18.8. The van der Waals surface area contributed by atoms with E-state index < -0.39 is 11.6 Å². The van der Waals surface area contributed by atoms with E-state index in [1.807, 2.05) is 4.57 Å². The second kappa shape index (κ2) is 9.13. The van der Waals surface area contributed by atoms with E-state index >= 15 is 0 Å². The number of hydrogen-bond donors (Lipinski definition) is 3. The molecule has 3 aromatic rings. The average molecular weight is 472 g/mol. The number of nitrogens with one attached hydrogen (secondary N) is 2. The number of fused-ring (bicyclic) bond motifs is 1. The number of carbonyl (C=O) groups is 1. The number of hydrogen-bond acceptors (Lipinski definition) is 7. The minimum atomic E-state index is -0.733. The molecule has 9 nitrogen and oxygen atoms in total. The molecule has 2 aliphatic rings. The molecular weight excluding hydrogens is 444 g/mol. The van der Waals surface area contributed by atoms with Crippen molar-refractivity contribution >= 4 is 34.7 Å². The first-order chi connectivity index (χ1) is 16.4. The van der Waals surface area contributed by atoms with Crippen LogP contribution in [0.3, 0.4) is 0 Å². The van der Waals surface area contributed by atoms with Crippen LogP contribution in [0, 0.1) is 11.6 Å². The molecule has 0 radical (unpaired) electrons. The molecule has 11 heteroatoms. The van der Waals surface area contributed by atoms with E-state index in [0.29, 0.717) is 36.6 Å². The van der Waals surface area contributed by atoms with Gasteiger partial charge in [-0.25, -0.2) is 18.7 Å². The van der Waals surface area contributed by atoms with Crippen molar-refractivity contribution in [3.05, 3.63) is 36.0 Å². The fourth-order valence-electron chi connectivity index (χ4n) is 4.76. The maximum absolute atomic E-state index is 14.4. The van der Waals surface area contributed by atoms with Crippen LogP contribution >= 0.6 is 0 Å². The number of nitrogens with zero attached hydrogens (tertiary/aromatic N) is 5. The number of aromatic nitrogens is 4. The van der Waals surface area contributed by atoms with Gasteiger partial charge in [0.15, 0.2) is 5.65 Å². The number of benzene rings is 1. The van der Waals surface area contributed by atoms with Crippen molar-refractivity contribution in [3.63, 3.8) is 0 Å². The lowest BCUT2D eigenvalue weighted by Gasteiger charge is -2.26. The van der Waals surface area contributed by atoms with Crippen LogP contribution < -0.4 is 10.6 Å². The fourth-order valence-corrected chi connectivity index (χ4v) is 4.76. The van der Waals surface area contributed by atoms with E-state index in [1.165, 1.54) is 25.1 Å². The molecule has 34 heavy (non-hydrogen) atoms. The van der Waals surface area contributed by atoms with Crippen LogP contribution in [-0.2, 0) is 4.79 Å². The Labute approximate surface area is 195 Å². The van der Waals surface area contributed by atoms with Crippen LogP contribution in [0.5, 0.6) is 0 Å². The second-order valence-electron chi connectivity index (χ2n) is 8.99. The Kier molecular flexibility index (Phi) is 6.03. The van der Waals surface area contributed by atoms with Gasteiger partial charge in [0.25, 0.3) is 0 Å². The smallest absolute Gasteiger partial charge is 0.224 e. The number of carbonyl (C=O) groups excluding carboxylic acids is 1. The largest absolute Gasteiger partial charge is 0.393 e. The maximum Gasteiger partial charge on any atom is 0.224 e. The molecule has 1 saturated heterocycles. The van der Waals surface area contributed by atoms with Crippen molar-refractivity contribution < 1.29 is 18.7 Å². The number of likely N-dealkylation sites (tertiary alicyclic amines) is 1. The van der Waals surface area contributed by atoms with E-state index in [1.54, 1.807) is 11.1 Å². The molecule has 0 spiro atoms. The van der Waals surface area contributed by atoms with Gasteiger partial charge in [-0.3, -0.25) is 9.36 Å². The summed E-state index contributed by atoms with van der Waals surface area (Å²) >= 11 is 0. The average Bonchev–Trinajstić information content (AvgIpc) is 3.42. The molecule has 3 N–H and O–H groups in total. The van der Waals surface area contributed by atoms with Gasteiger partial charge >= 0.3 is 0 Å². The predicted octanol–water partition coefficient (Wildman–Crippen LogP) is 3.36. The Balaban J connectivity index is 1.52. The van der Waals surface area contributed by atoms with Gasteiger partial charge in [-0.1, -0.05) is 6.07 Å². The molecule has 2 fully saturated rings. The number of rotatable bonds is 5. The van der Waals surface area contributed by atoms with E-state index in [9.17, 15) is 18.7 Å². The zero-order chi connectivity index (χ0) is 23.8. The molecule has 5 rings (SSSR count). The summed E-state index contributed by atoms with van der Waals surface area (Å²) in [5.41, 5.74) is 0.695. The first kappa shape index (κ1) is 22.5. The highest BCUT2D eigenvalue weighted by Gasteiger charge is 2.30. The highest BCUT2D eigenvalue weighted by molar-refractivity contribution is 5.77. The van der Waals surface area contributed by atoms with E-state index in [2.05, 4.69) is 20.6 Å². The maximum atomic E-state index is 14.4. The summed E-state index contributed by atoms with van der Waals surface area (Å²) in [6.07, 6.45) is 5.06. The summed E-state index contributed by atoms with van der Waals surface area (Å²) in [4.78, 5) is 27.3. The fraction of sp³-hybridized carbons (Fsp3) is 0.478. The molecule has 3 heterocycles. The first-order valence-electron chi connectivity index (χ1n) is 11.5. The van der Waals surface area contributed by atoms with E-state index in [-0.39, 0.29) is 35.7 Å². The number of aliphatic hydroxyl groups excluding tert-OH is 1. The molecule has 0 bridgehead atoms. The van der Waals surface area contributed by atoms with Crippen molar-refractivity contribution in [2.75, 3.05) is 23.7 Å². The van der Waals surface area contributed by atoms with Gasteiger partial charge in [-0.2, -0.15) is 4.98 Å². The van der Waals surface area contributed by atoms with Gasteiger partial charge in [0.1, 0.15) is 22.8 Å². The van der Waals surface area contributed by atoms with E-state index in [0.717, 1.165) is 25.7 Å². The monoisotopic (exact) mass is 471 g/mol. The summed E-state index contributed by atoms with van der Waals surface area (Å²) in [6.45, 7) is 2.55. The Hall–Kier alpha value is -3.34.